The molecule has 0 unspecified atom stereocenters. The lowest BCUT2D eigenvalue weighted by atomic mass is 10.3. The number of nitrogens with zero attached hydrogens (tertiary/aromatic N) is 6. The molecule has 2 aromatic heterocycles. The van der Waals surface area contributed by atoms with Gasteiger partial charge in [0, 0.05) is 50.6 Å². The normalized spacial score (nSPS) is 14.1. The number of nitrogens with one attached hydrogen (secondary N) is 1. The van der Waals surface area contributed by atoms with Crippen molar-refractivity contribution in [1.82, 2.24) is 24.6 Å². The van der Waals surface area contributed by atoms with E-state index in [-0.39, 0.29) is 11.7 Å². The highest BCUT2D eigenvalue weighted by atomic mass is 19.1. The van der Waals surface area contributed by atoms with E-state index in [2.05, 4.69) is 20.3 Å². The molecule has 0 aliphatic carbocycles. The number of hydrogen-bond acceptors (Lipinski definition) is 6. The molecule has 4 rings (SSSR count). The van der Waals surface area contributed by atoms with Crippen LogP contribution < -0.4 is 10.2 Å². The lowest BCUT2D eigenvalue weighted by Crippen LogP contribution is -2.48. The molecule has 1 N–H and O–H groups in total. The first kappa shape index (κ1) is 19.8. The van der Waals surface area contributed by atoms with E-state index in [0.29, 0.717) is 43.6 Å². The first-order valence-electron chi connectivity index (χ1n) is 9.85. The van der Waals surface area contributed by atoms with Crippen LogP contribution in [0.1, 0.15) is 18.3 Å². The predicted molar refractivity (Wildman–Crippen MR) is 113 cm³/mol. The minimum absolute atomic E-state index is 0.0779. The van der Waals surface area contributed by atoms with Crippen molar-refractivity contribution in [3.63, 3.8) is 0 Å². The summed E-state index contributed by atoms with van der Waals surface area (Å²) in [5, 5.41) is 7.66. The van der Waals surface area contributed by atoms with E-state index in [1.54, 1.807) is 23.7 Å². The van der Waals surface area contributed by atoms with Crippen LogP contribution in [0.15, 0.2) is 36.4 Å². The fraction of sp³-hybridized carbons (Fsp3) is 0.333. The van der Waals surface area contributed by atoms with Crippen LogP contribution in [-0.2, 0) is 4.79 Å². The maximum atomic E-state index is 13.6. The zero-order valence-electron chi connectivity index (χ0n) is 17.3. The molecular formula is C21H24FN7O. The van der Waals surface area contributed by atoms with E-state index in [9.17, 15) is 9.18 Å². The summed E-state index contributed by atoms with van der Waals surface area (Å²) in [4.78, 5) is 24.9. The third-order valence-electron chi connectivity index (χ3n) is 5.05. The second-order valence-corrected chi connectivity index (χ2v) is 7.38. The van der Waals surface area contributed by atoms with Crippen LogP contribution in [0.5, 0.6) is 0 Å². The molecule has 0 bridgehead atoms. The lowest BCUT2D eigenvalue weighted by molar-refractivity contribution is -0.129. The van der Waals surface area contributed by atoms with Gasteiger partial charge in [0.2, 0.25) is 5.91 Å². The number of anilines is 3. The third-order valence-corrected chi connectivity index (χ3v) is 5.05. The molecule has 1 aromatic carbocycles. The Kier molecular flexibility index (Phi) is 5.35. The average molecular weight is 409 g/mol. The van der Waals surface area contributed by atoms with E-state index in [4.69, 9.17) is 4.98 Å². The molecule has 0 atom stereocenters. The Labute approximate surface area is 174 Å². The number of aromatic nitrogens is 4. The summed E-state index contributed by atoms with van der Waals surface area (Å²) >= 11 is 0. The first-order valence-corrected chi connectivity index (χ1v) is 9.85. The van der Waals surface area contributed by atoms with Gasteiger partial charge in [0.25, 0.3) is 5.95 Å². The van der Waals surface area contributed by atoms with Crippen LogP contribution in [0.4, 0.5) is 21.7 Å². The van der Waals surface area contributed by atoms with E-state index < -0.39 is 0 Å². The van der Waals surface area contributed by atoms with Crippen molar-refractivity contribution >= 4 is 23.2 Å². The highest BCUT2D eigenvalue weighted by Crippen LogP contribution is 2.23. The molecule has 1 fully saturated rings. The molecule has 0 saturated carbocycles. The molecule has 9 heteroatoms. The first-order chi connectivity index (χ1) is 14.4. The molecule has 0 spiro atoms. The van der Waals surface area contributed by atoms with Crippen LogP contribution in [-0.4, -0.2) is 56.7 Å². The standard InChI is InChI=1S/C21H24FN7O/c1-14-11-15(2)29(26-14)21-24-19(23-18-6-4-5-17(22)12-18)13-20(25-21)28-9-7-27(8-10-28)16(3)30/h4-6,11-13H,7-10H2,1-3H3,(H,23,24,25). The second-order valence-electron chi connectivity index (χ2n) is 7.38. The van der Waals surface area contributed by atoms with Crippen LogP contribution in [0.2, 0.25) is 0 Å². The van der Waals surface area contributed by atoms with Gasteiger partial charge in [-0.25, -0.2) is 9.07 Å². The Morgan fingerprint density at radius 2 is 1.83 bits per heavy atom. The molecule has 3 heterocycles. The largest absolute Gasteiger partial charge is 0.353 e. The van der Waals surface area contributed by atoms with Crippen molar-refractivity contribution in [1.29, 1.82) is 0 Å². The highest BCUT2D eigenvalue weighted by molar-refractivity contribution is 5.73. The quantitative estimate of drug-likeness (QED) is 0.714. The smallest absolute Gasteiger partial charge is 0.254 e. The molecule has 1 amide bonds. The maximum Gasteiger partial charge on any atom is 0.254 e. The number of halogens is 1. The van der Waals surface area contributed by atoms with E-state index in [1.807, 2.05) is 30.9 Å². The van der Waals surface area contributed by atoms with Crippen LogP contribution >= 0.6 is 0 Å². The van der Waals surface area contributed by atoms with Gasteiger partial charge in [0.1, 0.15) is 17.5 Å². The zero-order chi connectivity index (χ0) is 21.3. The number of hydrogen-bond donors (Lipinski definition) is 1. The number of rotatable bonds is 4. The van der Waals surface area contributed by atoms with Gasteiger partial charge >= 0.3 is 0 Å². The number of aryl methyl sites for hydroxylation is 2. The fourth-order valence-corrected chi connectivity index (χ4v) is 3.54. The average Bonchev–Trinajstić information content (AvgIpc) is 3.06. The molecule has 1 saturated heterocycles. The maximum absolute atomic E-state index is 13.6. The van der Waals surface area contributed by atoms with Crippen LogP contribution in [0.3, 0.4) is 0 Å². The molecular weight excluding hydrogens is 385 g/mol. The second kappa shape index (κ2) is 8.10. The Balaban J connectivity index is 1.69. The summed E-state index contributed by atoms with van der Waals surface area (Å²) in [6, 6.07) is 10.0. The lowest BCUT2D eigenvalue weighted by Gasteiger charge is -2.35. The topological polar surface area (TPSA) is 79.2 Å². The number of benzene rings is 1. The molecule has 8 nitrogen and oxygen atoms in total. The van der Waals surface area contributed by atoms with Crippen molar-refractivity contribution in [2.24, 2.45) is 0 Å². The SMILES string of the molecule is CC(=O)N1CCN(c2cc(Nc3cccc(F)c3)nc(-n3nc(C)cc3C)n2)CC1. The Morgan fingerprint density at radius 1 is 1.07 bits per heavy atom. The third kappa shape index (κ3) is 4.24. The Bertz CT molecular complexity index is 1070. The minimum Gasteiger partial charge on any atom is -0.353 e. The number of amides is 1. The Hall–Kier alpha value is -3.49. The summed E-state index contributed by atoms with van der Waals surface area (Å²) < 4.78 is 15.3. The van der Waals surface area contributed by atoms with Gasteiger partial charge in [-0.1, -0.05) is 6.07 Å². The summed E-state index contributed by atoms with van der Waals surface area (Å²) in [6.07, 6.45) is 0. The van der Waals surface area contributed by atoms with Gasteiger partial charge in [0.15, 0.2) is 0 Å². The summed E-state index contributed by atoms with van der Waals surface area (Å²) in [7, 11) is 0. The van der Waals surface area contributed by atoms with Gasteiger partial charge in [0.05, 0.1) is 5.69 Å². The van der Waals surface area contributed by atoms with Gasteiger partial charge in [-0.15, -0.1) is 0 Å². The Morgan fingerprint density at radius 3 is 2.47 bits per heavy atom. The number of carbonyl (C=O) groups excluding carboxylic acids is 1. The predicted octanol–water partition coefficient (Wildman–Crippen LogP) is 2.83. The van der Waals surface area contributed by atoms with Gasteiger partial charge in [-0.3, -0.25) is 4.79 Å². The van der Waals surface area contributed by atoms with E-state index in [0.717, 1.165) is 17.2 Å². The molecule has 1 aliphatic heterocycles. The summed E-state index contributed by atoms with van der Waals surface area (Å²) in [6.45, 7) is 8.07. The molecule has 0 radical (unpaired) electrons. The van der Waals surface area contributed by atoms with Crippen LogP contribution in [0.25, 0.3) is 5.95 Å². The number of piperazine rings is 1. The summed E-state index contributed by atoms with van der Waals surface area (Å²) in [5.41, 5.74) is 2.39. The van der Waals surface area contributed by atoms with Gasteiger partial charge in [-0.05, 0) is 38.1 Å². The zero-order valence-corrected chi connectivity index (χ0v) is 17.3. The van der Waals surface area contributed by atoms with Crippen molar-refractivity contribution in [2.75, 3.05) is 36.4 Å². The summed E-state index contributed by atoms with van der Waals surface area (Å²) in [5.74, 6) is 1.46. The molecule has 30 heavy (non-hydrogen) atoms. The van der Waals surface area contributed by atoms with Crippen molar-refractivity contribution in [2.45, 2.75) is 20.8 Å². The number of carbonyl (C=O) groups is 1. The fourth-order valence-electron chi connectivity index (χ4n) is 3.54. The van der Waals surface area contributed by atoms with Crippen molar-refractivity contribution in [3.05, 3.63) is 53.6 Å². The van der Waals surface area contributed by atoms with Crippen molar-refractivity contribution < 1.29 is 9.18 Å². The van der Waals surface area contributed by atoms with Gasteiger partial charge < -0.3 is 15.1 Å². The minimum atomic E-state index is -0.326. The van der Waals surface area contributed by atoms with Crippen LogP contribution in [0, 0.1) is 19.7 Å². The monoisotopic (exact) mass is 409 g/mol. The van der Waals surface area contributed by atoms with Crippen molar-refractivity contribution in [3.8, 4) is 5.95 Å². The molecule has 1 aliphatic rings. The molecule has 156 valence electrons. The van der Waals surface area contributed by atoms with E-state index >= 15 is 0 Å². The molecule has 3 aromatic rings. The van der Waals surface area contributed by atoms with E-state index in [1.165, 1.54) is 12.1 Å². The van der Waals surface area contributed by atoms with Gasteiger partial charge in [-0.2, -0.15) is 15.1 Å². The highest BCUT2D eigenvalue weighted by Gasteiger charge is 2.21.